The summed E-state index contributed by atoms with van der Waals surface area (Å²) < 4.78 is 11.2. The van der Waals surface area contributed by atoms with Gasteiger partial charge < -0.3 is 9.26 Å². The van der Waals surface area contributed by atoms with Crippen LogP contribution in [-0.4, -0.2) is 16.2 Å². The van der Waals surface area contributed by atoms with Crippen molar-refractivity contribution in [1.29, 1.82) is 0 Å². The zero-order chi connectivity index (χ0) is 14.7. The molecule has 0 spiro atoms. The molecule has 0 radical (unpaired) electrons. The summed E-state index contributed by atoms with van der Waals surface area (Å²) >= 11 is 0. The zero-order valence-corrected chi connectivity index (χ0v) is 12.0. The van der Waals surface area contributed by atoms with Crippen LogP contribution in [0.1, 0.15) is 13.8 Å². The molecule has 21 heavy (non-hydrogen) atoms. The molecule has 0 aliphatic heterocycles. The molecule has 4 heteroatoms. The molecule has 106 valence electrons. The van der Waals surface area contributed by atoms with Gasteiger partial charge in [0.05, 0.1) is 11.7 Å². The van der Waals surface area contributed by atoms with Gasteiger partial charge in [-0.25, -0.2) is 0 Å². The highest BCUT2D eigenvalue weighted by Gasteiger charge is 2.15. The molecular formula is C17H16N2O2. The predicted molar refractivity (Wildman–Crippen MR) is 80.9 cm³/mol. The number of rotatable bonds is 4. The van der Waals surface area contributed by atoms with Crippen LogP contribution in [-0.2, 0) is 0 Å². The maximum atomic E-state index is 5.79. The summed E-state index contributed by atoms with van der Waals surface area (Å²) in [6.45, 7) is 3.97. The molecule has 0 amide bonds. The van der Waals surface area contributed by atoms with Gasteiger partial charge in [0.1, 0.15) is 5.75 Å². The topological polar surface area (TPSA) is 48.2 Å². The van der Waals surface area contributed by atoms with Crippen LogP contribution in [0, 0.1) is 0 Å². The molecule has 3 rings (SSSR count). The molecule has 0 saturated heterocycles. The molecule has 0 atom stereocenters. The molecule has 0 saturated carbocycles. The quantitative estimate of drug-likeness (QED) is 0.719. The molecule has 0 N–H and O–H groups in total. The van der Waals surface area contributed by atoms with Gasteiger partial charge >= 0.3 is 0 Å². The largest absolute Gasteiger partial charge is 0.490 e. The van der Waals surface area contributed by atoms with E-state index in [4.69, 9.17) is 9.26 Å². The molecule has 1 aromatic heterocycles. The lowest BCUT2D eigenvalue weighted by Crippen LogP contribution is -2.06. The third-order valence-electron chi connectivity index (χ3n) is 2.94. The third-order valence-corrected chi connectivity index (χ3v) is 2.94. The van der Waals surface area contributed by atoms with Gasteiger partial charge in [0.15, 0.2) is 0 Å². The van der Waals surface area contributed by atoms with Crippen LogP contribution in [0.4, 0.5) is 0 Å². The number of ether oxygens (including phenoxy) is 1. The smallest absolute Gasteiger partial charge is 0.262 e. The summed E-state index contributed by atoms with van der Waals surface area (Å²) in [5, 5.41) is 4.04. The Morgan fingerprint density at radius 2 is 1.67 bits per heavy atom. The van der Waals surface area contributed by atoms with E-state index in [0.717, 1.165) is 16.9 Å². The molecule has 4 nitrogen and oxygen atoms in total. The average Bonchev–Trinajstić information content (AvgIpc) is 2.98. The molecule has 2 aromatic carbocycles. The standard InChI is InChI=1S/C17H16N2O2/c1-12(2)20-15-11-7-6-10-14(15)17-18-16(19-21-17)13-8-4-3-5-9-13/h3-12H,1-2H3. The number of aromatic nitrogens is 2. The number of hydrogen-bond acceptors (Lipinski definition) is 4. The minimum absolute atomic E-state index is 0.0858. The molecule has 0 fully saturated rings. The molecule has 0 aliphatic carbocycles. The van der Waals surface area contributed by atoms with Crippen molar-refractivity contribution in [2.45, 2.75) is 20.0 Å². The first-order chi connectivity index (χ1) is 10.2. The Labute approximate surface area is 123 Å². The second-order valence-electron chi connectivity index (χ2n) is 4.95. The Morgan fingerprint density at radius 3 is 2.43 bits per heavy atom. The Hall–Kier alpha value is -2.62. The highest BCUT2D eigenvalue weighted by molar-refractivity contribution is 5.65. The van der Waals surface area contributed by atoms with Crippen molar-refractivity contribution >= 4 is 0 Å². The van der Waals surface area contributed by atoms with Crippen LogP contribution < -0.4 is 4.74 Å². The summed E-state index contributed by atoms with van der Waals surface area (Å²) in [4.78, 5) is 4.46. The van der Waals surface area contributed by atoms with E-state index in [1.54, 1.807) is 0 Å². The SMILES string of the molecule is CC(C)Oc1ccccc1-c1nc(-c2ccccc2)no1. The van der Waals surface area contributed by atoms with Gasteiger partial charge in [-0.05, 0) is 26.0 Å². The van der Waals surface area contributed by atoms with Crippen molar-refractivity contribution < 1.29 is 9.26 Å². The number of hydrogen-bond donors (Lipinski definition) is 0. The van der Waals surface area contributed by atoms with Crippen LogP contribution in [0.2, 0.25) is 0 Å². The van der Waals surface area contributed by atoms with E-state index < -0.39 is 0 Å². The fourth-order valence-corrected chi connectivity index (χ4v) is 2.04. The first-order valence-corrected chi connectivity index (χ1v) is 6.89. The van der Waals surface area contributed by atoms with Crippen molar-refractivity contribution in [3.63, 3.8) is 0 Å². The van der Waals surface area contributed by atoms with Crippen molar-refractivity contribution in [3.05, 3.63) is 54.6 Å². The van der Waals surface area contributed by atoms with E-state index in [9.17, 15) is 0 Å². The van der Waals surface area contributed by atoms with Gasteiger partial charge in [0.25, 0.3) is 5.89 Å². The van der Waals surface area contributed by atoms with Crippen LogP contribution in [0.25, 0.3) is 22.8 Å². The van der Waals surface area contributed by atoms with E-state index in [2.05, 4.69) is 10.1 Å². The first-order valence-electron chi connectivity index (χ1n) is 6.89. The Bertz CT molecular complexity index is 720. The predicted octanol–water partition coefficient (Wildman–Crippen LogP) is 4.19. The van der Waals surface area contributed by atoms with Gasteiger partial charge in [-0.2, -0.15) is 4.98 Å². The lowest BCUT2D eigenvalue weighted by atomic mass is 10.2. The van der Waals surface area contributed by atoms with E-state index in [-0.39, 0.29) is 6.10 Å². The monoisotopic (exact) mass is 280 g/mol. The highest BCUT2D eigenvalue weighted by atomic mass is 16.5. The van der Waals surface area contributed by atoms with Crippen LogP contribution in [0.15, 0.2) is 59.1 Å². The molecule has 0 bridgehead atoms. The maximum Gasteiger partial charge on any atom is 0.262 e. The van der Waals surface area contributed by atoms with Gasteiger partial charge in [-0.3, -0.25) is 0 Å². The Morgan fingerprint density at radius 1 is 0.952 bits per heavy atom. The maximum absolute atomic E-state index is 5.79. The van der Waals surface area contributed by atoms with Crippen LogP contribution >= 0.6 is 0 Å². The van der Waals surface area contributed by atoms with Crippen molar-refractivity contribution in [2.24, 2.45) is 0 Å². The zero-order valence-electron chi connectivity index (χ0n) is 12.0. The van der Waals surface area contributed by atoms with Crippen LogP contribution in [0.3, 0.4) is 0 Å². The van der Waals surface area contributed by atoms with Crippen molar-refractivity contribution in [1.82, 2.24) is 10.1 Å². The number of para-hydroxylation sites is 1. The van der Waals surface area contributed by atoms with Crippen LogP contribution in [0.5, 0.6) is 5.75 Å². The minimum atomic E-state index is 0.0858. The van der Waals surface area contributed by atoms with Crippen molar-refractivity contribution in [3.8, 4) is 28.6 Å². The molecule has 0 unspecified atom stereocenters. The molecule has 3 aromatic rings. The minimum Gasteiger partial charge on any atom is -0.490 e. The average molecular weight is 280 g/mol. The normalized spacial score (nSPS) is 10.8. The Balaban J connectivity index is 1.97. The third kappa shape index (κ3) is 2.94. The van der Waals surface area contributed by atoms with Gasteiger partial charge in [-0.1, -0.05) is 47.6 Å². The molecule has 0 aliphatic rings. The van der Waals surface area contributed by atoms with Gasteiger partial charge in [0, 0.05) is 5.56 Å². The van der Waals surface area contributed by atoms with E-state index >= 15 is 0 Å². The van der Waals surface area contributed by atoms with E-state index in [1.165, 1.54) is 0 Å². The highest BCUT2D eigenvalue weighted by Crippen LogP contribution is 2.30. The Kier molecular flexibility index (Phi) is 3.69. The van der Waals surface area contributed by atoms with Crippen molar-refractivity contribution in [2.75, 3.05) is 0 Å². The number of nitrogens with zero attached hydrogens (tertiary/aromatic N) is 2. The van der Waals surface area contributed by atoms with E-state index in [1.807, 2.05) is 68.4 Å². The first kappa shape index (κ1) is 13.4. The van der Waals surface area contributed by atoms with Gasteiger partial charge in [-0.15, -0.1) is 0 Å². The molecular weight excluding hydrogens is 264 g/mol. The summed E-state index contributed by atoms with van der Waals surface area (Å²) in [5.74, 6) is 1.78. The van der Waals surface area contributed by atoms with E-state index in [0.29, 0.717) is 11.7 Å². The fraction of sp³-hybridized carbons (Fsp3) is 0.176. The summed E-state index contributed by atoms with van der Waals surface area (Å²) in [6, 6.07) is 17.4. The lowest BCUT2D eigenvalue weighted by molar-refractivity contribution is 0.242. The second kappa shape index (κ2) is 5.79. The summed E-state index contributed by atoms with van der Waals surface area (Å²) in [5.41, 5.74) is 1.73. The summed E-state index contributed by atoms with van der Waals surface area (Å²) in [6.07, 6.45) is 0.0858. The molecule has 1 heterocycles. The fourth-order valence-electron chi connectivity index (χ4n) is 2.04. The lowest BCUT2D eigenvalue weighted by Gasteiger charge is -2.11. The van der Waals surface area contributed by atoms with Gasteiger partial charge in [0.2, 0.25) is 5.82 Å². The number of benzene rings is 2. The second-order valence-corrected chi connectivity index (χ2v) is 4.95. The summed E-state index contributed by atoms with van der Waals surface area (Å²) in [7, 11) is 0.